The van der Waals surface area contributed by atoms with Gasteiger partial charge >= 0.3 is 5.97 Å². The molecule has 4 atom stereocenters. The number of nitrogens with zero attached hydrogens (tertiary/aromatic N) is 1. The SMILES string of the molecule is Cc1cccc2c1NC(=O)[C@@]21N[C@@H](CCC(=O)O)[C@H]2C(=O)N(CCc3ccccc3)C(=O)[C@@H]21. The maximum absolute atomic E-state index is 13.7. The van der Waals surface area contributed by atoms with Crippen LogP contribution >= 0.6 is 0 Å². The average Bonchev–Trinajstić information content (AvgIpc) is 3.38. The first-order valence-corrected chi connectivity index (χ1v) is 11.1. The first-order chi connectivity index (χ1) is 15.8. The number of para-hydroxylation sites is 1. The molecular formula is C25H25N3O5. The molecule has 8 heteroatoms. The molecule has 0 aromatic heterocycles. The van der Waals surface area contributed by atoms with Gasteiger partial charge in [-0.1, -0.05) is 48.5 Å². The summed E-state index contributed by atoms with van der Waals surface area (Å²) in [4.78, 5) is 53.1. The molecule has 2 aromatic rings. The van der Waals surface area contributed by atoms with Gasteiger partial charge in [0.1, 0.15) is 5.54 Å². The van der Waals surface area contributed by atoms with Crippen molar-refractivity contribution in [2.75, 3.05) is 11.9 Å². The number of benzene rings is 2. The molecule has 0 bridgehead atoms. The minimum absolute atomic E-state index is 0.151. The van der Waals surface area contributed by atoms with Crippen molar-refractivity contribution in [3.8, 4) is 0 Å². The van der Waals surface area contributed by atoms with Crippen molar-refractivity contribution >= 4 is 29.4 Å². The lowest BCUT2D eigenvalue weighted by Gasteiger charge is -2.29. The van der Waals surface area contributed by atoms with E-state index in [1.165, 1.54) is 4.90 Å². The van der Waals surface area contributed by atoms with E-state index in [1.54, 1.807) is 6.07 Å². The molecule has 3 aliphatic heterocycles. The van der Waals surface area contributed by atoms with E-state index in [1.807, 2.05) is 49.4 Å². The van der Waals surface area contributed by atoms with Crippen LogP contribution in [0, 0.1) is 18.8 Å². The van der Waals surface area contributed by atoms with Crippen molar-refractivity contribution in [2.45, 2.75) is 37.8 Å². The van der Waals surface area contributed by atoms with Crippen LogP contribution in [0.5, 0.6) is 0 Å². The number of amides is 3. The van der Waals surface area contributed by atoms with Crippen molar-refractivity contribution in [2.24, 2.45) is 11.8 Å². The molecule has 3 amide bonds. The predicted molar refractivity (Wildman–Crippen MR) is 119 cm³/mol. The fraction of sp³-hybridized carbons (Fsp3) is 0.360. The van der Waals surface area contributed by atoms with Gasteiger partial charge in [0.05, 0.1) is 11.8 Å². The lowest BCUT2D eigenvalue weighted by Crippen LogP contribution is -2.53. The van der Waals surface area contributed by atoms with Gasteiger partial charge in [-0.2, -0.15) is 0 Å². The summed E-state index contributed by atoms with van der Waals surface area (Å²) >= 11 is 0. The second kappa shape index (κ2) is 7.81. The van der Waals surface area contributed by atoms with Crippen LogP contribution in [0.4, 0.5) is 5.69 Å². The van der Waals surface area contributed by atoms with E-state index >= 15 is 0 Å². The summed E-state index contributed by atoms with van der Waals surface area (Å²) in [5.41, 5.74) is 1.78. The number of carbonyl (C=O) groups is 4. The summed E-state index contributed by atoms with van der Waals surface area (Å²) in [7, 11) is 0. The summed E-state index contributed by atoms with van der Waals surface area (Å²) in [5, 5.41) is 15.4. The van der Waals surface area contributed by atoms with E-state index in [9.17, 15) is 24.3 Å². The molecule has 8 nitrogen and oxygen atoms in total. The summed E-state index contributed by atoms with van der Waals surface area (Å²) in [6, 6.07) is 14.5. The van der Waals surface area contributed by atoms with Crippen LogP contribution in [0.1, 0.15) is 29.5 Å². The van der Waals surface area contributed by atoms with Gasteiger partial charge in [0.25, 0.3) is 0 Å². The predicted octanol–water partition coefficient (Wildman–Crippen LogP) is 1.82. The van der Waals surface area contributed by atoms with Gasteiger partial charge in [-0.25, -0.2) is 0 Å². The maximum atomic E-state index is 13.7. The fourth-order valence-corrected chi connectivity index (χ4v) is 5.67. The van der Waals surface area contributed by atoms with Gasteiger partial charge in [-0.15, -0.1) is 0 Å². The highest BCUT2D eigenvalue weighted by Gasteiger charge is 2.70. The molecule has 2 aromatic carbocycles. The summed E-state index contributed by atoms with van der Waals surface area (Å²) < 4.78 is 0. The molecule has 1 spiro atoms. The zero-order valence-corrected chi connectivity index (χ0v) is 18.2. The van der Waals surface area contributed by atoms with Gasteiger partial charge in [0.15, 0.2) is 0 Å². The lowest BCUT2D eigenvalue weighted by atomic mass is 9.76. The highest BCUT2D eigenvalue weighted by molar-refractivity contribution is 6.15. The first kappa shape index (κ1) is 21.3. The minimum atomic E-state index is -1.39. The van der Waals surface area contributed by atoms with Crippen LogP contribution in [-0.4, -0.2) is 46.3 Å². The Bertz CT molecular complexity index is 1160. The van der Waals surface area contributed by atoms with Gasteiger partial charge in [-0.05, 0) is 30.9 Å². The van der Waals surface area contributed by atoms with Crippen LogP contribution < -0.4 is 10.6 Å². The van der Waals surface area contributed by atoms with Crippen LogP contribution in [0.15, 0.2) is 48.5 Å². The number of aryl methyl sites for hydroxylation is 1. The minimum Gasteiger partial charge on any atom is -0.481 e. The Morgan fingerprint density at radius 3 is 2.55 bits per heavy atom. The maximum Gasteiger partial charge on any atom is 0.303 e. The number of likely N-dealkylation sites (tertiary alicyclic amines) is 1. The number of anilines is 1. The highest BCUT2D eigenvalue weighted by atomic mass is 16.4. The van der Waals surface area contributed by atoms with Crippen LogP contribution in [0.25, 0.3) is 0 Å². The van der Waals surface area contributed by atoms with Crippen molar-refractivity contribution in [3.05, 3.63) is 65.2 Å². The molecule has 2 saturated heterocycles. The Balaban J connectivity index is 1.53. The van der Waals surface area contributed by atoms with E-state index in [4.69, 9.17) is 0 Å². The normalized spacial score (nSPS) is 27.7. The number of hydrogen-bond donors (Lipinski definition) is 3. The molecule has 5 rings (SSSR count). The third-order valence-corrected chi connectivity index (χ3v) is 7.19. The number of imide groups is 1. The number of carbonyl (C=O) groups excluding carboxylic acids is 3. The van der Waals surface area contributed by atoms with Crippen LogP contribution in [-0.2, 0) is 31.1 Å². The second-order valence-corrected chi connectivity index (χ2v) is 9.01. The van der Waals surface area contributed by atoms with E-state index in [-0.39, 0.29) is 37.1 Å². The molecule has 2 fully saturated rings. The Hall–Kier alpha value is -3.52. The standard InChI is InChI=1S/C25H25N3O5/c1-14-6-5-9-16-21(14)26-24(33)25(16)20-19(17(27-25)10-11-18(29)30)22(31)28(23(20)32)13-12-15-7-3-2-4-8-15/h2-9,17,19-20,27H,10-13H2,1H3,(H,26,33)(H,29,30)/t17-,19+,20+,25+/m0/s1. The van der Waals surface area contributed by atoms with Crippen molar-refractivity contribution in [1.82, 2.24) is 10.2 Å². The largest absolute Gasteiger partial charge is 0.481 e. The molecule has 0 radical (unpaired) electrons. The van der Waals surface area contributed by atoms with Gasteiger partial charge in [0, 0.05) is 30.3 Å². The molecule has 33 heavy (non-hydrogen) atoms. The monoisotopic (exact) mass is 447 g/mol. The van der Waals surface area contributed by atoms with Crippen LogP contribution in [0.2, 0.25) is 0 Å². The fourth-order valence-electron chi connectivity index (χ4n) is 5.67. The van der Waals surface area contributed by atoms with Crippen molar-refractivity contribution < 1.29 is 24.3 Å². The number of rotatable bonds is 6. The third-order valence-electron chi connectivity index (χ3n) is 7.19. The first-order valence-electron chi connectivity index (χ1n) is 11.1. The number of carboxylic acid groups (broad SMARTS) is 1. The highest BCUT2D eigenvalue weighted by Crippen LogP contribution is 2.54. The van der Waals surface area contributed by atoms with Gasteiger partial charge in [-0.3, -0.25) is 29.4 Å². The van der Waals surface area contributed by atoms with Gasteiger partial charge < -0.3 is 10.4 Å². The Kier molecular flexibility index (Phi) is 5.05. The summed E-state index contributed by atoms with van der Waals surface area (Å²) in [5.74, 6) is -3.78. The number of fused-ring (bicyclic) bond motifs is 4. The molecular weight excluding hydrogens is 422 g/mol. The Labute approximate surface area is 191 Å². The van der Waals surface area contributed by atoms with E-state index in [0.717, 1.165) is 11.1 Å². The lowest BCUT2D eigenvalue weighted by molar-refractivity contribution is -0.143. The van der Waals surface area contributed by atoms with E-state index in [0.29, 0.717) is 17.7 Å². The number of hydrogen-bond acceptors (Lipinski definition) is 5. The zero-order valence-electron chi connectivity index (χ0n) is 18.2. The third kappa shape index (κ3) is 3.16. The second-order valence-electron chi connectivity index (χ2n) is 9.01. The number of carboxylic acids is 1. The van der Waals surface area contributed by atoms with E-state index in [2.05, 4.69) is 10.6 Å². The smallest absolute Gasteiger partial charge is 0.303 e. The number of nitrogens with one attached hydrogen (secondary N) is 2. The summed E-state index contributed by atoms with van der Waals surface area (Å²) in [6.45, 7) is 2.10. The van der Waals surface area contributed by atoms with E-state index < -0.39 is 29.4 Å². The topological polar surface area (TPSA) is 116 Å². The van der Waals surface area contributed by atoms with Crippen LogP contribution in [0.3, 0.4) is 0 Å². The average molecular weight is 447 g/mol. The molecule has 3 aliphatic rings. The molecule has 0 aliphatic carbocycles. The molecule has 0 saturated carbocycles. The molecule has 0 unspecified atom stereocenters. The Morgan fingerprint density at radius 1 is 1.06 bits per heavy atom. The van der Waals surface area contributed by atoms with Crippen molar-refractivity contribution in [3.63, 3.8) is 0 Å². The van der Waals surface area contributed by atoms with Gasteiger partial charge in [0.2, 0.25) is 17.7 Å². The van der Waals surface area contributed by atoms with Crippen molar-refractivity contribution in [1.29, 1.82) is 0 Å². The summed E-state index contributed by atoms with van der Waals surface area (Å²) in [6.07, 6.45) is 0.503. The quantitative estimate of drug-likeness (QED) is 0.582. The molecule has 170 valence electrons. The zero-order chi connectivity index (χ0) is 23.3. The molecule has 3 heterocycles. The Morgan fingerprint density at radius 2 is 1.82 bits per heavy atom. The molecule has 3 N–H and O–H groups in total. The number of aliphatic carboxylic acids is 1.